The van der Waals surface area contributed by atoms with Crippen LogP contribution in [-0.2, 0) is 9.59 Å². The third kappa shape index (κ3) is 3.59. The van der Waals surface area contributed by atoms with Crippen molar-refractivity contribution in [1.29, 1.82) is 0 Å². The number of halogens is 1. The lowest BCUT2D eigenvalue weighted by molar-refractivity contribution is -0.129. The van der Waals surface area contributed by atoms with E-state index in [2.05, 4.69) is 31.2 Å². The predicted octanol–water partition coefficient (Wildman–Crippen LogP) is 4.17. The Bertz CT molecular complexity index is 1280. The Kier molecular flexibility index (Phi) is 4.99. The molecule has 4 aromatic rings. The average molecular weight is 476 g/mol. The summed E-state index contributed by atoms with van der Waals surface area (Å²) >= 11 is 3.47. The van der Waals surface area contributed by atoms with Crippen LogP contribution in [0.5, 0.6) is 0 Å². The van der Waals surface area contributed by atoms with Crippen LogP contribution in [0.15, 0.2) is 77.7 Å². The molecule has 0 radical (unpaired) electrons. The van der Waals surface area contributed by atoms with Gasteiger partial charge in [-0.3, -0.25) is 14.2 Å². The Hall–Kier alpha value is -3.52. The average Bonchev–Trinajstić information content (AvgIpc) is 3.38. The number of nitrogens with one attached hydrogen (secondary N) is 1. The summed E-state index contributed by atoms with van der Waals surface area (Å²) in [6, 6.07) is 18.9. The van der Waals surface area contributed by atoms with Gasteiger partial charge in [-0.05, 0) is 58.7 Å². The highest BCUT2D eigenvalue weighted by Crippen LogP contribution is 2.31. The van der Waals surface area contributed by atoms with Gasteiger partial charge < -0.3 is 10.2 Å². The van der Waals surface area contributed by atoms with E-state index in [0.717, 1.165) is 21.2 Å². The second-order valence-corrected chi connectivity index (χ2v) is 8.13. The molecule has 1 unspecified atom stereocenters. The van der Waals surface area contributed by atoms with Crippen molar-refractivity contribution in [1.82, 2.24) is 14.5 Å². The van der Waals surface area contributed by atoms with Crippen LogP contribution in [0.3, 0.4) is 0 Å². The molecule has 2 aromatic carbocycles. The summed E-state index contributed by atoms with van der Waals surface area (Å²) in [5.74, 6) is -0.533. The quantitative estimate of drug-likeness (QED) is 0.449. The number of anilines is 2. The lowest BCUT2D eigenvalue weighted by Gasteiger charge is -2.18. The number of benzene rings is 2. The van der Waals surface area contributed by atoms with Gasteiger partial charge in [-0.15, -0.1) is 0 Å². The molecule has 0 spiro atoms. The lowest BCUT2D eigenvalue weighted by atomic mass is 10.1. The molecule has 1 saturated heterocycles. The second kappa shape index (κ2) is 7.96. The number of imidazole rings is 1. The molecule has 1 aliphatic rings. The van der Waals surface area contributed by atoms with Crippen LogP contribution < -0.4 is 10.2 Å². The molecule has 1 fully saturated rings. The molecule has 3 heterocycles. The van der Waals surface area contributed by atoms with Crippen LogP contribution >= 0.6 is 15.9 Å². The number of nitrogens with zero attached hydrogens (tertiary/aromatic N) is 4. The fourth-order valence-corrected chi connectivity index (χ4v) is 4.31. The van der Waals surface area contributed by atoms with Gasteiger partial charge in [0.1, 0.15) is 18.1 Å². The number of hydrogen-bond donors (Lipinski definition) is 1. The number of carbonyl (C=O) groups is 2. The van der Waals surface area contributed by atoms with Gasteiger partial charge in [-0.25, -0.2) is 9.97 Å². The number of fused-ring (bicyclic) bond motifs is 1. The third-order valence-corrected chi connectivity index (χ3v) is 6.05. The molecule has 1 aliphatic heterocycles. The summed E-state index contributed by atoms with van der Waals surface area (Å²) in [5, 5.41) is 2.83. The van der Waals surface area contributed by atoms with Gasteiger partial charge in [0.05, 0.1) is 28.6 Å². The Morgan fingerprint density at radius 2 is 1.84 bits per heavy atom. The molecule has 0 aliphatic carbocycles. The van der Waals surface area contributed by atoms with Crippen molar-refractivity contribution in [3.8, 4) is 5.82 Å². The fraction of sp³-hybridized carbons (Fsp3) is 0.130. The molecule has 2 amide bonds. The zero-order valence-corrected chi connectivity index (χ0v) is 18.0. The molecular formula is C23H18BrN5O2. The summed E-state index contributed by atoms with van der Waals surface area (Å²) in [6.07, 6.45) is 3.78. The minimum atomic E-state index is -0.718. The first kappa shape index (κ1) is 19.4. The summed E-state index contributed by atoms with van der Waals surface area (Å²) in [7, 11) is 0. The molecular weight excluding hydrogens is 458 g/mol. The Labute approximate surface area is 186 Å². The molecule has 5 rings (SSSR count). The minimum absolute atomic E-state index is 0.195. The number of pyridine rings is 1. The van der Waals surface area contributed by atoms with Gasteiger partial charge in [0, 0.05) is 11.0 Å². The monoisotopic (exact) mass is 475 g/mol. The molecule has 8 heteroatoms. The van der Waals surface area contributed by atoms with Gasteiger partial charge in [0.2, 0.25) is 11.8 Å². The van der Waals surface area contributed by atoms with Crippen LogP contribution in [0.4, 0.5) is 11.4 Å². The maximum absolute atomic E-state index is 12.8. The van der Waals surface area contributed by atoms with Crippen molar-refractivity contribution < 1.29 is 9.59 Å². The van der Waals surface area contributed by atoms with E-state index in [1.54, 1.807) is 23.5 Å². The number of amides is 2. The minimum Gasteiger partial charge on any atom is -0.324 e. The smallest absolute Gasteiger partial charge is 0.239 e. The first-order valence-electron chi connectivity index (χ1n) is 9.87. The van der Waals surface area contributed by atoms with E-state index in [-0.39, 0.29) is 11.8 Å². The normalized spacial score (nSPS) is 16.1. The molecule has 31 heavy (non-hydrogen) atoms. The number of rotatable bonds is 4. The van der Waals surface area contributed by atoms with E-state index >= 15 is 0 Å². The molecule has 1 N–H and O–H groups in total. The van der Waals surface area contributed by atoms with Crippen molar-refractivity contribution in [2.45, 2.75) is 6.42 Å². The van der Waals surface area contributed by atoms with Crippen LogP contribution in [0.25, 0.3) is 16.9 Å². The SMILES string of the molecule is O=C(Nc1ccc(-n2cnc3ccccc32)nc1)C1CCN(c2ccccc2Br)C1=O. The topological polar surface area (TPSA) is 80.1 Å². The standard InChI is InChI=1S/C23H18BrN5O2/c24-17-5-1-3-7-19(17)28-12-11-16(23(28)31)22(30)27-15-9-10-21(25-13-15)29-14-26-18-6-2-4-8-20(18)29/h1-10,13-14,16H,11-12H2,(H,27,30). The Morgan fingerprint density at radius 1 is 1.03 bits per heavy atom. The van der Waals surface area contributed by atoms with E-state index in [1.165, 1.54) is 0 Å². The van der Waals surface area contributed by atoms with Gasteiger partial charge in [-0.2, -0.15) is 0 Å². The first-order chi connectivity index (χ1) is 15.1. The highest BCUT2D eigenvalue weighted by Gasteiger charge is 2.38. The lowest BCUT2D eigenvalue weighted by Crippen LogP contribution is -2.33. The summed E-state index contributed by atoms with van der Waals surface area (Å²) in [5.41, 5.74) is 3.17. The van der Waals surface area contributed by atoms with Crippen LogP contribution in [-0.4, -0.2) is 32.9 Å². The largest absolute Gasteiger partial charge is 0.324 e. The van der Waals surface area contributed by atoms with Crippen molar-refractivity contribution in [2.75, 3.05) is 16.8 Å². The van der Waals surface area contributed by atoms with Crippen molar-refractivity contribution in [3.63, 3.8) is 0 Å². The van der Waals surface area contributed by atoms with Gasteiger partial charge in [0.15, 0.2) is 0 Å². The summed E-state index contributed by atoms with van der Waals surface area (Å²) in [4.78, 5) is 36.1. The summed E-state index contributed by atoms with van der Waals surface area (Å²) in [6.45, 7) is 0.504. The van der Waals surface area contributed by atoms with Gasteiger partial charge in [-0.1, -0.05) is 24.3 Å². The Balaban J connectivity index is 1.30. The fourth-order valence-electron chi connectivity index (χ4n) is 3.81. The number of hydrogen-bond acceptors (Lipinski definition) is 4. The molecule has 154 valence electrons. The number of para-hydroxylation sites is 3. The van der Waals surface area contributed by atoms with Crippen molar-refractivity contribution >= 4 is 50.2 Å². The van der Waals surface area contributed by atoms with Gasteiger partial charge >= 0.3 is 0 Å². The second-order valence-electron chi connectivity index (χ2n) is 7.28. The maximum atomic E-state index is 12.8. The van der Waals surface area contributed by atoms with Crippen molar-refractivity contribution in [3.05, 3.63) is 77.7 Å². The molecule has 2 aromatic heterocycles. The van der Waals surface area contributed by atoms with E-state index in [4.69, 9.17) is 0 Å². The zero-order chi connectivity index (χ0) is 21.4. The van der Waals surface area contributed by atoms with Crippen LogP contribution in [0, 0.1) is 5.92 Å². The number of carbonyl (C=O) groups excluding carboxylic acids is 2. The predicted molar refractivity (Wildman–Crippen MR) is 122 cm³/mol. The van der Waals surface area contributed by atoms with Crippen LogP contribution in [0.1, 0.15) is 6.42 Å². The zero-order valence-electron chi connectivity index (χ0n) is 16.4. The molecule has 7 nitrogen and oxygen atoms in total. The van der Waals surface area contributed by atoms with E-state index < -0.39 is 5.92 Å². The van der Waals surface area contributed by atoms with Gasteiger partial charge in [0.25, 0.3) is 0 Å². The van der Waals surface area contributed by atoms with E-state index in [0.29, 0.717) is 24.5 Å². The van der Waals surface area contributed by atoms with E-state index in [1.807, 2.05) is 59.2 Å². The molecule has 1 atom stereocenters. The molecule has 0 saturated carbocycles. The first-order valence-corrected chi connectivity index (χ1v) is 10.7. The molecule has 0 bridgehead atoms. The van der Waals surface area contributed by atoms with Crippen LogP contribution in [0.2, 0.25) is 0 Å². The maximum Gasteiger partial charge on any atom is 0.239 e. The highest BCUT2D eigenvalue weighted by molar-refractivity contribution is 9.10. The van der Waals surface area contributed by atoms with Crippen molar-refractivity contribution in [2.24, 2.45) is 5.92 Å². The third-order valence-electron chi connectivity index (χ3n) is 5.38. The van der Waals surface area contributed by atoms with E-state index in [9.17, 15) is 9.59 Å². The number of aromatic nitrogens is 3. The highest BCUT2D eigenvalue weighted by atomic mass is 79.9. The summed E-state index contributed by atoms with van der Waals surface area (Å²) < 4.78 is 2.72. The Morgan fingerprint density at radius 3 is 2.65 bits per heavy atom.